The molecule has 42 heavy (non-hydrogen) atoms. The summed E-state index contributed by atoms with van der Waals surface area (Å²) < 4.78 is 34.2. The van der Waals surface area contributed by atoms with Crippen molar-refractivity contribution in [1.82, 2.24) is 20.3 Å². The number of fused-ring (bicyclic) bond motifs is 2. The van der Waals surface area contributed by atoms with Crippen molar-refractivity contribution in [3.8, 4) is 0 Å². The number of carbonyl (C=O) groups is 4. The normalized spacial score (nSPS) is 27.0. The summed E-state index contributed by atoms with van der Waals surface area (Å²) in [6, 6.07) is 4.14. The van der Waals surface area contributed by atoms with E-state index in [1.54, 1.807) is 32.9 Å². The van der Waals surface area contributed by atoms with E-state index in [1.165, 1.54) is 17.0 Å². The minimum Gasteiger partial charge on any atom is -0.444 e. The predicted molar refractivity (Wildman–Crippen MR) is 159 cm³/mol. The third-order valence-electron chi connectivity index (χ3n) is 7.68. The Morgan fingerprint density at radius 1 is 1.07 bits per heavy atom. The number of sulfonamides is 1. The molecule has 0 bridgehead atoms. The van der Waals surface area contributed by atoms with Gasteiger partial charge in [0.2, 0.25) is 11.8 Å². The summed E-state index contributed by atoms with van der Waals surface area (Å²) in [5.41, 5.74) is -2.20. The standard InChI is InChI=1S/C29H39BrN4O7S/c1-28(2,3)41-27(38)31-22-11-8-6-4-5-7-10-19-18-29(19,32-24(35)23-12-9-17-34(23)25(22)36)26(37)33-42(39,40)21-15-13-20(30)14-16-21/h7,10,13-16,19,22-23H,4-6,8-9,11-12,17-18H2,1-3H3,(H,31,38)(H,32,35)(H,33,37)/t19-,22+,23+,29-/m1/s1. The summed E-state index contributed by atoms with van der Waals surface area (Å²) in [5, 5.41) is 5.52. The summed E-state index contributed by atoms with van der Waals surface area (Å²) in [6.07, 6.45) is 7.73. The highest BCUT2D eigenvalue weighted by atomic mass is 79.9. The molecule has 3 N–H and O–H groups in total. The first kappa shape index (κ1) is 32.0. The second kappa shape index (κ2) is 12.7. The Morgan fingerprint density at radius 3 is 2.48 bits per heavy atom. The molecule has 1 aliphatic carbocycles. The summed E-state index contributed by atoms with van der Waals surface area (Å²) in [4.78, 5) is 54.8. The summed E-state index contributed by atoms with van der Waals surface area (Å²) >= 11 is 3.27. The molecule has 1 saturated heterocycles. The Bertz CT molecular complexity index is 1340. The molecule has 0 unspecified atom stereocenters. The lowest BCUT2D eigenvalue weighted by Gasteiger charge is -2.30. The van der Waals surface area contributed by atoms with Gasteiger partial charge < -0.3 is 20.3 Å². The zero-order valence-corrected chi connectivity index (χ0v) is 26.6. The van der Waals surface area contributed by atoms with Crippen LogP contribution in [0.15, 0.2) is 45.8 Å². The average Bonchev–Trinajstić information content (AvgIpc) is 3.35. The summed E-state index contributed by atoms with van der Waals surface area (Å²) in [5.74, 6) is -2.12. The summed E-state index contributed by atoms with van der Waals surface area (Å²) in [6.45, 7) is 5.53. The number of carbonyl (C=O) groups excluding carboxylic acids is 4. The number of ether oxygens (including phenoxy) is 1. The lowest BCUT2D eigenvalue weighted by Crippen LogP contribution is -2.58. The Labute approximate surface area is 255 Å². The molecule has 2 fully saturated rings. The topological polar surface area (TPSA) is 151 Å². The number of benzene rings is 1. The first-order chi connectivity index (χ1) is 19.7. The number of halogens is 1. The van der Waals surface area contributed by atoms with E-state index in [9.17, 15) is 27.6 Å². The van der Waals surface area contributed by atoms with Crippen LogP contribution in [0, 0.1) is 5.92 Å². The van der Waals surface area contributed by atoms with Gasteiger partial charge in [-0.3, -0.25) is 14.4 Å². The molecule has 3 aliphatic rings. The van der Waals surface area contributed by atoms with Crippen molar-refractivity contribution in [3.05, 3.63) is 40.9 Å². The molecule has 1 saturated carbocycles. The van der Waals surface area contributed by atoms with Crippen molar-refractivity contribution in [2.45, 2.75) is 100 Å². The van der Waals surface area contributed by atoms with E-state index in [0.717, 1.165) is 12.8 Å². The van der Waals surface area contributed by atoms with Crippen molar-refractivity contribution in [1.29, 1.82) is 0 Å². The monoisotopic (exact) mass is 666 g/mol. The zero-order valence-electron chi connectivity index (χ0n) is 24.2. The number of hydrogen-bond donors (Lipinski definition) is 3. The minimum atomic E-state index is -4.19. The van der Waals surface area contributed by atoms with Gasteiger partial charge in [0.1, 0.15) is 23.2 Å². The lowest BCUT2D eigenvalue weighted by molar-refractivity contribution is -0.141. The van der Waals surface area contributed by atoms with Crippen LogP contribution < -0.4 is 15.4 Å². The number of hydrogen-bond acceptors (Lipinski definition) is 7. The zero-order chi connectivity index (χ0) is 30.7. The van der Waals surface area contributed by atoms with Gasteiger partial charge in [0.25, 0.3) is 15.9 Å². The van der Waals surface area contributed by atoms with Gasteiger partial charge in [-0.2, -0.15) is 0 Å². The smallest absolute Gasteiger partial charge is 0.408 e. The van der Waals surface area contributed by atoms with E-state index in [4.69, 9.17) is 4.74 Å². The molecule has 2 aliphatic heterocycles. The van der Waals surface area contributed by atoms with Gasteiger partial charge in [-0.15, -0.1) is 0 Å². The van der Waals surface area contributed by atoms with E-state index < -0.39 is 51.2 Å². The SMILES string of the molecule is CC(C)(C)OC(=O)N[C@H]1CCCCCC=C[C@@H]2C[C@@]2(C(=O)NS(=O)(=O)c2ccc(Br)cc2)NC(=O)[C@@H]2CCCN2C1=O. The fraction of sp³-hybridized carbons (Fsp3) is 0.586. The fourth-order valence-corrected chi connectivity index (χ4v) is 6.73. The van der Waals surface area contributed by atoms with E-state index in [0.29, 0.717) is 43.1 Å². The van der Waals surface area contributed by atoms with E-state index >= 15 is 0 Å². The van der Waals surface area contributed by atoms with Crippen LogP contribution >= 0.6 is 15.9 Å². The Hall–Kier alpha value is -2.93. The van der Waals surface area contributed by atoms with Crippen molar-refractivity contribution >= 4 is 49.8 Å². The van der Waals surface area contributed by atoms with Crippen molar-refractivity contribution in [2.75, 3.05) is 6.54 Å². The predicted octanol–water partition coefficient (Wildman–Crippen LogP) is 3.53. The highest BCUT2D eigenvalue weighted by molar-refractivity contribution is 9.10. The van der Waals surface area contributed by atoms with Gasteiger partial charge in [-0.25, -0.2) is 17.9 Å². The van der Waals surface area contributed by atoms with Crippen LogP contribution in [-0.2, 0) is 29.1 Å². The van der Waals surface area contributed by atoms with Gasteiger partial charge in [0, 0.05) is 16.9 Å². The van der Waals surface area contributed by atoms with Crippen LogP contribution in [0.2, 0.25) is 0 Å². The van der Waals surface area contributed by atoms with Gasteiger partial charge in [-0.1, -0.05) is 40.9 Å². The second-order valence-corrected chi connectivity index (χ2v) is 14.7. The number of rotatable bonds is 4. The van der Waals surface area contributed by atoms with Crippen molar-refractivity contribution in [2.24, 2.45) is 5.92 Å². The molecule has 1 aromatic carbocycles. The molecule has 230 valence electrons. The average molecular weight is 668 g/mol. The largest absolute Gasteiger partial charge is 0.444 e. The summed E-state index contributed by atoms with van der Waals surface area (Å²) in [7, 11) is -4.19. The van der Waals surface area contributed by atoms with Gasteiger partial charge >= 0.3 is 6.09 Å². The van der Waals surface area contributed by atoms with E-state index in [1.807, 2.05) is 12.2 Å². The second-order valence-electron chi connectivity index (χ2n) is 12.1. The van der Waals surface area contributed by atoms with Crippen LogP contribution in [0.3, 0.4) is 0 Å². The first-order valence-corrected chi connectivity index (χ1v) is 16.6. The highest BCUT2D eigenvalue weighted by Gasteiger charge is 2.61. The molecule has 4 amide bonds. The lowest BCUT2D eigenvalue weighted by atomic mass is 10.0. The van der Waals surface area contributed by atoms with Crippen LogP contribution in [0.25, 0.3) is 0 Å². The third-order valence-corrected chi connectivity index (χ3v) is 9.55. The number of allylic oxidation sites excluding steroid dienone is 1. The number of amides is 4. The van der Waals surface area contributed by atoms with Gasteiger partial charge in [0.15, 0.2) is 0 Å². The highest BCUT2D eigenvalue weighted by Crippen LogP contribution is 2.45. The Balaban J connectivity index is 1.56. The molecule has 4 atom stereocenters. The molecule has 0 radical (unpaired) electrons. The number of nitrogens with zero attached hydrogens (tertiary/aromatic N) is 1. The maximum absolute atomic E-state index is 13.7. The fourth-order valence-electron chi connectivity index (χ4n) is 5.43. The van der Waals surface area contributed by atoms with Gasteiger partial charge in [0.05, 0.1) is 4.90 Å². The molecule has 1 aromatic rings. The molecule has 0 spiro atoms. The third kappa shape index (κ3) is 7.71. The van der Waals surface area contributed by atoms with E-state index in [-0.39, 0.29) is 23.1 Å². The molecule has 4 rings (SSSR count). The Kier molecular flexibility index (Phi) is 9.71. The van der Waals surface area contributed by atoms with Crippen LogP contribution in [0.4, 0.5) is 4.79 Å². The first-order valence-electron chi connectivity index (χ1n) is 14.3. The van der Waals surface area contributed by atoms with E-state index in [2.05, 4.69) is 31.3 Å². The van der Waals surface area contributed by atoms with Crippen LogP contribution in [-0.4, -0.2) is 66.9 Å². The molecule has 13 heteroatoms. The van der Waals surface area contributed by atoms with Crippen molar-refractivity contribution < 1.29 is 32.3 Å². The maximum atomic E-state index is 13.7. The number of nitrogens with one attached hydrogen (secondary N) is 3. The van der Waals surface area contributed by atoms with Crippen LogP contribution in [0.1, 0.15) is 72.1 Å². The minimum absolute atomic E-state index is 0.0808. The molecule has 11 nitrogen and oxygen atoms in total. The van der Waals surface area contributed by atoms with Crippen molar-refractivity contribution in [3.63, 3.8) is 0 Å². The van der Waals surface area contributed by atoms with Gasteiger partial charge in [-0.05, 0) is 83.6 Å². The molecular formula is C29H39BrN4O7S. The maximum Gasteiger partial charge on any atom is 0.408 e. The number of alkyl carbamates (subject to hydrolysis) is 1. The molecule has 2 heterocycles. The molecular weight excluding hydrogens is 628 g/mol. The quantitative estimate of drug-likeness (QED) is 0.416. The Morgan fingerprint density at radius 2 is 1.79 bits per heavy atom. The van der Waals surface area contributed by atoms with Crippen LogP contribution in [0.5, 0.6) is 0 Å². The molecule has 0 aromatic heterocycles.